The molecular weight excluding hydrogens is 482 g/mol. The molecule has 0 atom stereocenters. The van der Waals surface area contributed by atoms with E-state index in [1.807, 2.05) is 85.2 Å². The molecule has 1 N–H and O–H groups in total. The van der Waals surface area contributed by atoms with E-state index in [-0.39, 0.29) is 4.90 Å². The van der Waals surface area contributed by atoms with E-state index >= 15 is 0 Å². The Hall–Kier alpha value is -4.35. The fourth-order valence-electron chi connectivity index (χ4n) is 4.64. The van der Waals surface area contributed by atoms with Crippen LogP contribution in [0.3, 0.4) is 0 Å². The molecular formula is C29H27N5O2S. The van der Waals surface area contributed by atoms with E-state index in [0.29, 0.717) is 16.6 Å². The van der Waals surface area contributed by atoms with Gasteiger partial charge in [0.1, 0.15) is 5.82 Å². The van der Waals surface area contributed by atoms with Crippen LogP contribution in [0.15, 0.2) is 83.8 Å². The van der Waals surface area contributed by atoms with Gasteiger partial charge in [0.15, 0.2) is 0 Å². The smallest absolute Gasteiger partial charge is 0.262 e. The molecule has 0 amide bonds. The normalized spacial score (nSPS) is 11.5. The molecule has 0 spiro atoms. The molecule has 7 nitrogen and oxygen atoms in total. The van der Waals surface area contributed by atoms with Gasteiger partial charge in [-0.3, -0.25) is 4.72 Å². The van der Waals surface area contributed by atoms with E-state index in [1.54, 1.807) is 24.3 Å². The largest absolute Gasteiger partial charge is 0.377 e. The third kappa shape index (κ3) is 4.74. The number of imidazole rings is 1. The molecule has 0 aliphatic heterocycles. The molecule has 4 aromatic carbocycles. The first-order valence-corrected chi connectivity index (χ1v) is 13.4. The van der Waals surface area contributed by atoms with Crippen LogP contribution in [0, 0.1) is 11.3 Å². The molecule has 0 unspecified atom stereocenters. The molecule has 186 valence electrons. The van der Waals surface area contributed by atoms with Crippen LogP contribution >= 0.6 is 0 Å². The summed E-state index contributed by atoms with van der Waals surface area (Å²) in [5.74, 6) is 0.907. The standard InChI is InChI=1S/C29H27N5O2S/c1-33(2)26-8-4-7-24-23(26)6-5-9-28(24)37(35,36)32-22-15-16-27-25(18-22)31-29(34(27)3)17-14-20-10-12-21(19-30)13-11-20/h4-13,15-16,18,32H,14,17H2,1-3H3. The summed E-state index contributed by atoms with van der Waals surface area (Å²) in [5.41, 5.74) is 4.85. The summed E-state index contributed by atoms with van der Waals surface area (Å²) in [6.07, 6.45) is 1.51. The number of rotatable bonds is 7. The van der Waals surface area contributed by atoms with Gasteiger partial charge in [0.2, 0.25) is 0 Å². The summed E-state index contributed by atoms with van der Waals surface area (Å²) in [6.45, 7) is 0. The Balaban J connectivity index is 1.42. The van der Waals surface area contributed by atoms with Crippen LogP contribution < -0.4 is 9.62 Å². The molecule has 5 aromatic rings. The van der Waals surface area contributed by atoms with Gasteiger partial charge < -0.3 is 9.47 Å². The van der Waals surface area contributed by atoms with E-state index in [2.05, 4.69) is 10.8 Å². The SMILES string of the molecule is CN(C)c1cccc2c(S(=O)(=O)Nc3ccc4c(c3)nc(CCc3ccc(C#N)cc3)n4C)cccc12. The molecule has 5 rings (SSSR count). The van der Waals surface area contributed by atoms with Crippen molar-refractivity contribution >= 4 is 43.2 Å². The lowest BCUT2D eigenvalue weighted by molar-refractivity contribution is 0.602. The number of hydrogen-bond donors (Lipinski definition) is 1. The fourth-order valence-corrected chi connectivity index (χ4v) is 5.91. The Morgan fingerprint density at radius 1 is 0.946 bits per heavy atom. The molecule has 0 saturated carbocycles. The Kier molecular flexibility index (Phi) is 6.32. The lowest BCUT2D eigenvalue weighted by atomic mass is 10.1. The van der Waals surface area contributed by atoms with Crippen LogP contribution in [0.5, 0.6) is 0 Å². The van der Waals surface area contributed by atoms with Gasteiger partial charge in [-0.2, -0.15) is 5.26 Å². The van der Waals surface area contributed by atoms with Gasteiger partial charge in [0.25, 0.3) is 10.0 Å². The van der Waals surface area contributed by atoms with Crippen molar-refractivity contribution in [3.8, 4) is 6.07 Å². The van der Waals surface area contributed by atoms with Crippen molar-refractivity contribution in [1.82, 2.24) is 9.55 Å². The second-order valence-corrected chi connectivity index (χ2v) is 10.9. The molecule has 0 radical (unpaired) electrons. The van der Waals surface area contributed by atoms with Crippen molar-refractivity contribution in [3.63, 3.8) is 0 Å². The second kappa shape index (κ2) is 9.60. The number of aromatic nitrogens is 2. The van der Waals surface area contributed by atoms with Gasteiger partial charge in [-0.15, -0.1) is 0 Å². The third-order valence-electron chi connectivity index (χ3n) is 6.58. The summed E-state index contributed by atoms with van der Waals surface area (Å²) < 4.78 is 31.7. The van der Waals surface area contributed by atoms with Crippen molar-refractivity contribution in [2.75, 3.05) is 23.7 Å². The number of sulfonamides is 1. The van der Waals surface area contributed by atoms with Crippen molar-refractivity contribution in [1.29, 1.82) is 5.26 Å². The molecule has 37 heavy (non-hydrogen) atoms. The van der Waals surface area contributed by atoms with E-state index in [0.717, 1.165) is 46.3 Å². The van der Waals surface area contributed by atoms with Crippen LogP contribution in [0.4, 0.5) is 11.4 Å². The Morgan fingerprint density at radius 2 is 1.68 bits per heavy atom. The highest BCUT2D eigenvalue weighted by Crippen LogP contribution is 2.31. The van der Waals surface area contributed by atoms with Gasteiger partial charge in [0, 0.05) is 44.0 Å². The molecule has 1 aromatic heterocycles. The average Bonchev–Trinajstić information content (AvgIpc) is 3.21. The quantitative estimate of drug-likeness (QED) is 0.324. The van der Waals surface area contributed by atoms with Gasteiger partial charge in [0.05, 0.1) is 33.2 Å². The third-order valence-corrected chi connectivity index (χ3v) is 8.02. The van der Waals surface area contributed by atoms with Crippen LogP contribution in [0.1, 0.15) is 17.0 Å². The molecule has 0 fully saturated rings. The van der Waals surface area contributed by atoms with Crippen molar-refractivity contribution < 1.29 is 8.42 Å². The minimum absolute atomic E-state index is 0.234. The molecule has 0 saturated heterocycles. The highest BCUT2D eigenvalue weighted by Gasteiger charge is 2.19. The number of nitriles is 1. The predicted octanol–water partition coefficient (Wildman–Crippen LogP) is 5.25. The van der Waals surface area contributed by atoms with Gasteiger partial charge in [-0.05, 0) is 54.4 Å². The molecule has 0 aliphatic carbocycles. The number of anilines is 2. The summed E-state index contributed by atoms with van der Waals surface area (Å²) in [7, 11) is 2.01. The van der Waals surface area contributed by atoms with Gasteiger partial charge in [-0.1, -0.05) is 36.4 Å². The summed E-state index contributed by atoms with van der Waals surface area (Å²) in [4.78, 5) is 6.98. The molecule has 0 aliphatic rings. The maximum Gasteiger partial charge on any atom is 0.262 e. The lowest BCUT2D eigenvalue weighted by Crippen LogP contribution is -2.14. The first-order chi connectivity index (χ1) is 17.8. The monoisotopic (exact) mass is 509 g/mol. The Morgan fingerprint density at radius 3 is 2.41 bits per heavy atom. The minimum atomic E-state index is -3.83. The first kappa shape index (κ1) is 24.3. The predicted molar refractivity (Wildman–Crippen MR) is 148 cm³/mol. The van der Waals surface area contributed by atoms with Crippen molar-refractivity contribution in [2.45, 2.75) is 17.7 Å². The molecule has 1 heterocycles. The lowest BCUT2D eigenvalue weighted by Gasteiger charge is -2.17. The number of fused-ring (bicyclic) bond motifs is 2. The Bertz CT molecular complexity index is 1760. The van der Waals surface area contributed by atoms with E-state index < -0.39 is 10.0 Å². The van der Waals surface area contributed by atoms with Crippen LogP contribution in [0.2, 0.25) is 0 Å². The van der Waals surface area contributed by atoms with Gasteiger partial charge >= 0.3 is 0 Å². The van der Waals surface area contributed by atoms with Crippen molar-refractivity contribution in [3.05, 3.63) is 95.8 Å². The zero-order chi connectivity index (χ0) is 26.2. The zero-order valence-corrected chi connectivity index (χ0v) is 21.7. The maximum atomic E-state index is 13.4. The second-order valence-electron chi connectivity index (χ2n) is 9.23. The minimum Gasteiger partial charge on any atom is -0.377 e. The zero-order valence-electron chi connectivity index (χ0n) is 20.9. The van der Waals surface area contributed by atoms with Crippen molar-refractivity contribution in [2.24, 2.45) is 7.05 Å². The van der Waals surface area contributed by atoms with Crippen LogP contribution in [-0.4, -0.2) is 32.1 Å². The average molecular weight is 510 g/mol. The number of aryl methyl sites for hydroxylation is 3. The Labute approximate surface area is 216 Å². The van der Waals surface area contributed by atoms with Crippen LogP contribution in [-0.2, 0) is 29.9 Å². The summed E-state index contributed by atoms with van der Waals surface area (Å²) >= 11 is 0. The first-order valence-electron chi connectivity index (χ1n) is 11.9. The highest BCUT2D eigenvalue weighted by molar-refractivity contribution is 7.93. The number of nitrogens with zero attached hydrogens (tertiary/aromatic N) is 4. The maximum absolute atomic E-state index is 13.4. The molecule has 8 heteroatoms. The highest BCUT2D eigenvalue weighted by atomic mass is 32.2. The van der Waals surface area contributed by atoms with E-state index in [4.69, 9.17) is 10.2 Å². The molecule has 0 bridgehead atoms. The number of hydrogen-bond acceptors (Lipinski definition) is 5. The number of benzene rings is 4. The van der Waals surface area contributed by atoms with Gasteiger partial charge in [-0.25, -0.2) is 13.4 Å². The summed E-state index contributed by atoms with van der Waals surface area (Å²) in [6, 6.07) is 26.1. The summed E-state index contributed by atoms with van der Waals surface area (Å²) in [5, 5.41) is 10.5. The topological polar surface area (TPSA) is 91.0 Å². The van der Waals surface area contributed by atoms with Crippen LogP contribution in [0.25, 0.3) is 21.8 Å². The van der Waals surface area contributed by atoms with E-state index in [9.17, 15) is 8.42 Å². The fraction of sp³-hybridized carbons (Fsp3) is 0.172. The van der Waals surface area contributed by atoms with E-state index in [1.165, 1.54) is 0 Å². The number of nitrogens with one attached hydrogen (secondary N) is 1.